The Kier molecular flexibility index (Phi) is 6.37. The van der Waals surface area contributed by atoms with E-state index in [1.165, 1.54) is 0 Å². The van der Waals surface area contributed by atoms with Gasteiger partial charge in [0.1, 0.15) is 0 Å². The van der Waals surface area contributed by atoms with Gasteiger partial charge < -0.3 is 15.5 Å². The van der Waals surface area contributed by atoms with Gasteiger partial charge >= 0.3 is 0 Å². The predicted octanol–water partition coefficient (Wildman–Crippen LogP) is 2.04. The van der Waals surface area contributed by atoms with E-state index in [-0.39, 0.29) is 11.8 Å². The number of rotatable bonds is 4. The third-order valence-electron chi connectivity index (χ3n) is 4.40. The summed E-state index contributed by atoms with van der Waals surface area (Å²) in [7, 11) is 0. The van der Waals surface area contributed by atoms with Gasteiger partial charge in [0, 0.05) is 31.7 Å². The zero-order valence-electron chi connectivity index (χ0n) is 15.0. The zero-order valence-corrected chi connectivity index (χ0v) is 15.0. The molecule has 0 radical (unpaired) electrons. The van der Waals surface area contributed by atoms with Gasteiger partial charge in [0.05, 0.1) is 6.04 Å². The molecule has 132 valence electrons. The van der Waals surface area contributed by atoms with Crippen LogP contribution in [-0.2, 0) is 4.79 Å². The van der Waals surface area contributed by atoms with Gasteiger partial charge in [0.25, 0.3) is 5.91 Å². The number of hydrogen-bond donors (Lipinski definition) is 1. The summed E-state index contributed by atoms with van der Waals surface area (Å²) in [6, 6.07) is 7.21. The fourth-order valence-corrected chi connectivity index (χ4v) is 3.14. The molecule has 2 amide bonds. The topological polar surface area (TPSA) is 66.6 Å². The molecule has 0 unspecified atom stereocenters. The van der Waals surface area contributed by atoms with E-state index >= 15 is 0 Å². The molecule has 0 aliphatic carbocycles. The van der Waals surface area contributed by atoms with Crippen molar-refractivity contribution in [2.75, 3.05) is 26.2 Å². The van der Waals surface area contributed by atoms with Gasteiger partial charge in [-0.1, -0.05) is 31.5 Å². The Morgan fingerprint density at radius 1 is 1.12 bits per heavy atom. The number of benzene rings is 1. The summed E-state index contributed by atoms with van der Waals surface area (Å²) < 4.78 is 0. The molecule has 2 N–H and O–H groups in total. The molecule has 0 saturated carbocycles. The largest absolute Gasteiger partial charge is 0.340 e. The van der Waals surface area contributed by atoms with Crippen LogP contribution in [-0.4, -0.2) is 53.8 Å². The number of amides is 2. The summed E-state index contributed by atoms with van der Waals surface area (Å²) in [6.45, 7) is 8.58. The van der Waals surface area contributed by atoms with Crippen molar-refractivity contribution in [3.8, 4) is 0 Å². The lowest BCUT2D eigenvalue weighted by molar-refractivity contribution is -0.132. The summed E-state index contributed by atoms with van der Waals surface area (Å²) >= 11 is 0. The van der Waals surface area contributed by atoms with Crippen LogP contribution in [0.5, 0.6) is 0 Å². The fourth-order valence-electron chi connectivity index (χ4n) is 3.14. The van der Waals surface area contributed by atoms with Crippen molar-refractivity contribution in [3.63, 3.8) is 0 Å². The van der Waals surface area contributed by atoms with Crippen molar-refractivity contribution in [3.05, 3.63) is 35.4 Å². The number of aryl methyl sites for hydroxylation is 1. The minimum absolute atomic E-state index is 0.00792. The highest BCUT2D eigenvalue weighted by atomic mass is 16.2. The van der Waals surface area contributed by atoms with Gasteiger partial charge in [-0.15, -0.1) is 0 Å². The van der Waals surface area contributed by atoms with Crippen LogP contribution in [0.3, 0.4) is 0 Å². The maximum Gasteiger partial charge on any atom is 0.253 e. The minimum atomic E-state index is -0.441. The van der Waals surface area contributed by atoms with Crippen LogP contribution in [0, 0.1) is 12.8 Å². The average molecular weight is 331 g/mol. The number of carbonyl (C=O) groups excluding carboxylic acids is 2. The van der Waals surface area contributed by atoms with Gasteiger partial charge in [0.2, 0.25) is 5.91 Å². The molecule has 0 bridgehead atoms. The summed E-state index contributed by atoms with van der Waals surface area (Å²) in [4.78, 5) is 28.8. The molecule has 1 fully saturated rings. The Balaban J connectivity index is 1.97. The predicted molar refractivity (Wildman–Crippen MR) is 95.7 cm³/mol. The molecule has 0 aromatic heterocycles. The lowest BCUT2D eigenvalue weighted by Gasteiger charge is -2.25. The van der Waals surface area contributed by atoms with Crippen LogP contribution in [0.2, 0.25) is 0 Å². The SMILES string of the molecule is Cc1cccc(C(=O)N2CCCN(C(=O)[C@@H](N)CC(C)C)CC2)c1. The number of carbonyl (C=O) groups is 2. The van der Waals surface area contributed by atoms with Crippen molar-refractivity contribution < 1.29 is 9.59 Å². The van der Waals surface area contributed by atoms with Crippen LogP contribution in [0.4, 0.5) is 0 Å². The van der Waals surface area contributed by atoms with Crippen molar-refractivity contribution in [2.45, 2.75) is 39.7 Å². The quantitative estimate of drug-likeness (QED) is 0.918. The average Bonchev–Trinajstić information content (AvgIpc) is 2.78. The monoisotopic (exact) mass is 331 g/mol. The Labute approximate surface area is 144 Å². The molecule has 5 heteroatoms. The van der Waals surface area contributed by atoms with E-state index in [2.05, 4.69) is 13.8 Å². The smallest absolute Gasteiger partial charge is 0.253 e. The molecular weight excluding hydrogens is 302 g/mol. The molecule has 2 rings (SSSR count). The van der Waals surface area contributed by atoms with E-state index in [0.29, 0.717) is 44.1 Å². The second-order valence-electron chi connectivity index (χ2n) is 7.08. The zero-order chi connectivity index (χ0) is 17.7. The first-order valence-corrected chi connectivity index (χ1v) is 8.78. The number of nitrogens with two attached hydrogens (primary N) is 1. The molecule has 1 aromatic rings. The molecule has 1 atom stereocenters. The van der Waals surface area contributed by atoms with E-state index in [1.54, 1.807) is 0 Å². The van der Waals surface area contributed by atoms with Crippen molar-refractivity contribution in [2.24, 2.45) is 11.7 Å². The normalized spacial score (nSPS) is 16.9. The molecule has 0 spiro atoms. The molecule has 1 aliphatic heterocycles. The van der Waals surface area contributed by atoms with Crippen LogP contribution in [0.1, 0.15) is 42.6 Å². The highest BCUT2D eigenvalue weighted by Gasteiger charge is 2.26. The maximum absolute atomic E-state index is 12.7. The molecule has 1 aromatic carbocycles. The van der Waals surface area contributed by atoms with Crippen LogP contribution in [0.25, 0.3) is 0 Å². The lowest BCUT2D eigenvalue weighted by Crippen LogP contribution is -2.46. The molecular formula is C19H29N3O2. The van der Waals surface area contributed by atoms with Gasteiger partial charge in [0.15, 0.2) is 0 Å². The second kappa shape index (κ2) is 8.29. The third-order valence-corrected chi connectivity index (χ3v) is 4.40. The Morgan fingerprint density at radius 2 is 1.79 bits per heavy atom. The summed E-state index contributed by atoms with van der Waals surface area (Å²) in [5.74, 6) is 0.448. The summed E-state index contributed by atoms with van der Waals surface area (Å²) in [6.07, 6.45) is 1.49. The summed E-state index contributed by atoms with van der Waals surface area (Å²) in [5, 5.41) is 0. The Bertz CT molecular complexity index is 586. The summed E-state index contributed by atoms with van der Waals surface area (Å²) in [5.41, 5.74) is 7.82. The standard InChI is InChI=1S/C19H29N3O2/c1-14(2)12-17(20)19(24)22-9-5-8-21(10-11-22)18(23)16-7-4-6-15(3)13-16/h4,6-7,13-14,17H,5,8-12,20H2,1-3H3/t17-/m0/s1. The highest BCUT2D eigenvalue weighted by molar-refractivity contribution is 5.94. The first-order chi connectivity index (χ1) is 11.4. The molecule has 1 heterocycles. The maximum atomic E-state index is 12.7. The van der Waals surface area contributed by atoms with E-state index in [0.717, 1.165) is 12.0 Å². The first kappa shape index (κ1) is 18.5. The third kappa shape index (κ3) is 4.81. The van der Waals surface area contributed by atoms with E-state index in [1.807, 2.05) is 41.0 Å². The molecule has 1 aliphatic rings. The number of hydrogen-bond acceptors (Lipinski definition) is 3. The Hall–Kier alpha value is -1.88. The fraction of sp³-hybridized carbons (Fsp3) is 0.579. The first-order valence-electron chi connectivity index (χ1n) is 8.78. The van der Waals surface area contributed by atoms with E-state index < -0.39 is 6.04 Å². The highest BCUT2D eigenvalue weighted by Crippen LogP contribution is 2.13. The van der Waals surface area contributed by atoms with Crippen LogP contribution < -0.4 is 5.73 Å². The second-order valence-corrected chi connectivity index (χ2v) is 7.08. The van der Waals surface area contributed by atoms with E-state index in [4.69, 9.17) is 5.73 Å². The molecule has 5 nitrogen and oxygen atoms in total. The Morgan fingerprint density at radius 3 is 2.46 bits per heavy atom. The van der Waals surface area contributed by atoms with Crippen molar-refractivity contribution >= 4 is 11.8 Å². The van der Waals surface area contributed by atoms with Crippen molar-refractivity contribution in [1.29, 1.82) is 0 Å². The van der Waals surface area contributed by atoms with Crippen molar-refractivity contribution in [1.82, 2.24) is 9.80 Å². The van der Waals surface area contributed by atoms with Crippen LogP contribution in [0.15, 0.2) is 24.3 Å². The van der Waals surface area contributed by atoms with Gasteiger partial charge in [-0.05, 0) is 37.8 Å². The number of nitrogens with zero attached hydrogens (tertiary/aromatic N) is 2. The van der Waals surface area contributed by atoms with Gasteiger partial charge in [-0.25, -0.2) is 0 Å². The van der Waals surface area contributed by atoms with Gasteiger partial charge in [-0.2, -0.15) is 0 Å². The van der Waals surface area contributed by atoms with E-state index in [9.17, 15) is 9.59 Å². The van der Waals surface area contributed by atoms with Crippen LogP contribution >= 0.6 is 0 Å². The molecule has 1 saturated heterocycles. The van der Waals surface area contributed by atoms with Gasteiger partial charge in [-0.3, -0.25) is 9.59 Å². The molecule has 24 heavy (non-hydrogen) atoms. The minimum Gasteiger partial charge on any atom is -0.340 e. The lowest BCUT2D eigenvalue weighted by atomic mass is 10.0.